The Balaban J connectivity index is 2.81. The summed E-state index contributed by atoms with van der Waals surface area (Å²) in [7, 11) is 2.14. The van der Waals surface area contributed by atoms with Crippen molar-refractivity contribution in [2.45, 2.75) is 51.6 Å². The van der Waals surface area contributed by atoms with Crippen LogP contribution in [0.2, 0.25) is 0 Å². The second kappa shape index (κ2) is 7.01. The first-order valence-electron chi connectivity index (χ1n) is 7.10. The van der Waals surface area contributed by atoms with Crippen LogP contribution in [0.25, 0.3) is 0 Å². The molecule has 0 fully saturated rings. The zero-order chi connectivity index (χ0) is 14.5. The van der Waals surface area contributed by atoms with Crippen molar-refractivity contribution in [3.05, 3.63) is 35.6 Å². The van der Waals surface area contributed by atoms with Gasteiger partial charge in [-0.1, -0.05) is 25.5 Å². The molecule has 1 aromatic carbocycles. The highest BCUT2D eigenvalue weighted by Crippen LogP contribution is 2.22. The Morgan fingerprint density at radius 1 is 1.32 bits per heavy atom. The average Bonchev–Trinajstić information content (AvgIpc) is 2.40. The molecule has 0 aliphatic heterocycles. The monoisotopic (exact) mass is 266 g/mol. The third-order valence-electron chi connectivity index (χ3n) is 4.16. The molecule has 1 rings (SSSR count). The normalized spacial score (nSPS) is 16.4. The van der Waals surface area contributed by atoms with Gasteiger partial charge in [-0.15, -0.1) is 0 Å². The summed E-state index contributed by atoms with van der Waals surface area (Å²) in [5.74, 6) is -0.189. The van der Waals surface area contributed by atoms with E-state index in [0.29, 0.717) is 12.6 Å². The van der Waals surface area contributed by atoms with E-state index in [9.17, 15) is 4.39 Å². The van der Waals surface area contributed by atoms with Crippen molar-refractivity contribution in [3.63, 3.8) is 0 Å². The number of likely N-dealkylation sites (N-methyl/N-ethyl adjacent to an activating group) is 1. The lowest BCUT2D eigenvalue weighted by Crippen LogP contribution is -2.54. The third-order valence-corrected chi connectivity index (χ3v) is 4.16. The molecule has 0 spiro atoms. The van der Waals surface area contributed by atoms with Gasteiger partial charge in [0.25, 0.3) is 0 Å². The first-order chi connectivity index (χ1) is 8.92. The molecule has 3 heteroatoms. The topological polar surface area (TPSA) is 29.3 Å². The smallest absolute Gasteiger partial charge is 0.123 e. The fourth-order valence-corrected chi connectivity index (χ4v) is 2.53. The Morgan fingerprint density at radius 3 is 2.37 bits per heavy atom. The summed E-state index contributed by atoms with van der Waals surface area (Å²) in [5, 5.41) is 0. The van der Waals surface area contributed by atoms with Crippen LogP contribution < -0.4 is 5.73 Å². The van der Waals surface area contributed by atoms with E-state index in [2.05, 4.69) is 32.7 Å². The second-order valence-corrected chi connectivity index (χ2v) is 5.75. The summed E-state index contributed by atoms with van der Waals surface area (Å²) < 4.78 is 13.0. The van der Waals surface area contributed by atoms with Crippen molar-refractivity contribution in [3.8, 4) is 0 Å². The summed E-state index contributed by atoms with van der Waals surface area (Å²) in [6.45, 7) is 7.21. The van der Waals surface area contributed by atoms with E-state index in [4.69, 9.17) is 5.73 Å². The number of halogens is 1. The molecule has 2 N–H and O–H groups in total. The lowest BCUT2D eigenvalue weighted by atomic mass is 9.89. The van der Waals surface area contributed by atoms with Gasteiger partial charge in [0.15, 0.2) is 0 Å². The standard InChI is InChI=1S/C16H27FN2/c1-5-6-13(2)19(4)16(3,12-18)11-14-7-9-15(17)10-8-14/h7-10,13H,5-6,11-12,18H2,1-4H3. The highest BCUT2D eigenvalue weighted by molar-refractivity contribution is 5.19. The summed E-state index contributed by atoms with van der Waals surface area (Å²) in [6, 6.07) is 7.23. The van der Waals surface area contributed by atoms with Gasteiger partial charge < -0.3 is 5.73 Å². The molecular weight excluding hydrogens is 239 g/mol. The predicted octanol–water partition coefficient (Wildman–Crippen LogP) is 3.21. The van der Waals surface area contributed by atoms with E-state index in [1.165, 1.54) is 18.6 Å². The maximum Gasteiger partial charge on any atom is 0.123 e. The lowest BCUT2D eigenvalue weighted by molar-refractivity contribution is 0.0951. The molecule has 0 aromatic heterocycles. The molecule has 0 bridgehead atoms. The van der Waals surface area contributed by atoms with Gasteiger partial charge in [0, 0.05) is 18.1 Å². The fraction of sp³-hybridized carbons (Fsp3) is 0.625. The molecule has 0 saturated heterocycles. The van der Waals surface area contributed by atoms with E-state index in [-0.39, 0.29) is 11.4 Å². The minimum absolute atomic E-state index is 0.0909. The first-order valence-corrected chi connectivity index (χ1v) is 7.10. The predicted molar refractivity (Wildman–Crippen MR) is 79.7 cm³/mol. The van der Waals surface area contributed by atoms with Crippen LogP contribution >= 0.6 is 0 Å². The summed E-state index contributed by atoms with van der Waals surface area (Å²) in [6.07, 6.45) is 3.17. The zero-order valence-electron chi connectivity index (χ0n) is 12.6. The van der Waals surface area contributed by atoms with E-state index >= 15 is 0 Å². The van der Waals surface area contributed by atoms with Gasteiger partial charge in [0.05, 0.1) is 0 Å². The van der Waals surface area contributed by atoms with Crippen LogP contribution in [0.4, 0.5) is 4.39 Å². The number of benzene rings is 1. The Morgan fingerprint density at radius 2 is 1.89 bits per heavy atom. The number of hydrogen-bond acceptors (Lipinski definition) is 2. The molecule has 2 unspecified atom stereocenters. The maximum absolute atomic E-state index is 13.0. The number of hydrogen-bond donors (Lipinski definition) is 1. The van der Waals surface area contributed by atoms with Crippen LogP contribution in [0.1, 0.15) is 39.2 Å². The van der Waals surface area contributed by atoms with Gasteiger partial charge in [-0.2, -0.15) is 0 Å². The van der Waals surface area contributed by atoms with Crippen LogP contribution in [0, 0.1) is 5.82 Å². The highest BCUT2D eigenvalue weighted by Gasteiger charge is 2.30. The fourth-order valence-electron chi connectivity index (χ4n) is 2.53. The Hall–Kier alpha value is -0.930. The molecular formula is C16H27FN2. The SMILES string of the molecule is CCCC(C)N(C)C(C)(CN)Cc1ccc(F)cc1. The van der Waals surface area contributed by atoms with Crippen LogP contribution in [-0.4, -0.2) is 30.1 Å². The summed E-state index contributed by atoms with van der Waals surface area (Å²) >= 11 is 0. The van der Waals surface area contributed by atoms with Gasteiger partial charge in [-0.05, 0) is 51.4 Å². The number of rotatable bonds is 7. The minimum Gasteiger partial charge on any atom is -0.329 e. The molecule has 108 valence electrons. The van der Waals surface area contributed by atoms with Gasteiger partial charge in [-0.25, -0.2) is 4.39 Å². The third kappa shape index (κ3) is 4.29. The van der Waals surface area contributed by atoms with Crippen molar-refractivity contribution < 1.29 is 4.39 Å². The quantitative estimate of drug-likeness (QED) is 0.821. The number of nitrogens with two attached hydrogens (primary N) is 1. The van der Waals surface area contributed by atoms with Crippen molar-refractivity contribution in [2.24, 2.45) is 5.73 Å². The Kier molecular flexibility index (Phi) is 5.95. The average molecular weight is 266 g/mol. The molecule has 0 aliphatic carbocycles. The zero-order valence-corrected chi connectivity index (χ0v) is 12.6. The Bertz CT molecular complexity index is 377. The molecule has 2 atom stereocenters. The molecule has 0 amide bonds. The molecule has 2 nitrogen and oxygen atoms in total. The Labute approximate surface area is 116 Å². The lowest BCUT2D eigenvalue weighted by Gasteiger charge is -2.42. The summed E-state index contributed by atoms with van der Waals surface area (Å²) in [4.78, 5) is 2.36. The minimum atomic E-state index is -0.189. The molecule has 1 aromatic rings. The van der Waals surface area contributed by atoms with Crippen LogP contribution in [0.15, 0.2) is 24.3 Å². The van der Waals surface area contributed by atoms with Gasteiger partial charge in [0.1, 0.15) is 5.82 Å². The maximum atomic E-state index is 13.0. The van der Waals surface area contributed by atoms with E-state index in [0.717, 1.165) is 18.4 Å². The van der Waals surface area contributed by atoms with Gasteiger partial charge in [0.2, 0.25) is 0 Å². The van der Waals surface area contributed by atoms with E-state index in [1.807, 2.05) is 12.1 Å². The van der Waals surface area contributed by atoms with Crippen molar-refractivity contribution >= 4 is 0 Å². The van der Waals surface area contributed by atoms with Crippen LogP contribution in [0.5, 0.6) is 0 Å². The molecule has 0 saturated carbocycles. The largest absolute Gasteiger partial charge is 0.329 e. The molecule has 0 aliphatic rings. The van der Waals surface area contributed by atoms with Crippen molar-refractivity contribution in [2.75, 3.05) is 13.6 Å². The van der Waals surface area contributed by atoms with Crippen molar-refractivity contribution in [1.82, 2.24) is 4.90 Å². The molecule has 19 heavy (non-hydrogen) atoms. The molecule has 0 heterocycles. The van der Waals surface area contributed by atoms with Crippen molar-refractivity contribution in [1.29, 1.82) is 0 Å². The summed E-state index contributed by atoms with van der Waals surface area (Å²) in [5.41, 5.74) is 7.04. The van der Waals surface area contributed by atoms with Gasteiger partial charge >= 0.3 is 0 Å². The van der Waals surface area contributed by atoms with E-state index < -0.39 is 0 Å². The molecule has 0 radical (unpaired) electrons. The highest BCUT2D eigenvalue weighted by atomic mass is 19.1. The second-order valence-electron chi connectivity index (χ2n) is 5.75. The van der Waals surface area contributed by atoms with Crippen LogP contribution in [-0.2, 0) is 6.42 Å². The first kappa shape index (κ1) is 16.1. The van der Waals surface area contributed by atoms with Gasteiger partial charge in [-0.3, -0.25) is 4.90 Å². The van der Waals surface area contributed by atoms with E-state index in [1.54, 1.807) is 0 Å². The van der Waals surface area contributed by atoms with Crippen LogP contribution in [0.3, 0.4) is 0 Å². The number of nitrogens with zero attached hydrogens (tertiary/aromatic N) is 1.